The molecule has 2 aromatic carbocycles. The van der Waals surface area contributed by atoms with Gasteiger partial charge in [0.15, 0.2) is 5.82 Å². The molecule has 0 saturated heterocycles. The average Bonchev–Trinajstić information content (AvgIpc) is 3.08. The first-order chi connectivity index (χ1) is 14.8. The molecule has 3 rings (SSSR count). The van der Waals surface area contributed by atoms with Crippen molar-refractivity contribution < 1.29 is 15.3 Å². The zero-order valence-corrected chi connectivity index (χ0v) is 17.9. The Morgan fingerprint density at radius 2 is 1.71 bits per heavy atom. The lowest BCUT2D eigenvalue weighted by atomic mass is 9.98. The van der Waals surface area contributed by atoms with Crippen LogP contribution in [-0.4, -0.2) is 48.6 Å². The molecular weight excluding hydrogens is 394 g/mol. The van der Waals surface area contributed by atoms with Crippen LogP contribution in [0.4, 0.5) is 0 Å². The second kappa shape index (κ2) is 9.49. The van der Waals surface area contributed by atoms with Crippen LogP contribution in [0.15, 0.2) is 36.4 Å². The van der Waals surface area contributed by atoms with Crippen molar-refractivity contribution in [1.29, 1.82) is 5.26 Å². The van der Waals surface area contributed by atoms with Gasteiger partial charge in [0.2, 0.25) is 0 Å². The summed E-state index contributed by atoms with van der Waals surface area (Å²) in [6, 6.07) is 12.8. The van der Waals surface area contributed by atoms with Crippen LogP contribution in [0.2, 0.25) is 0 Å². The summed E-state index contributed by atoms with van der Waals surface area (Å²) in [5.74, 6) is 0.244. The number of phenols is 2. The molecule has 1 heterocycles. The van der Waals surface area contributed by atoms with Crippen molar-refractivity contribution in [3.05, 3.63) is 53.1 Å². The van der Waals surface area contributed by atoms with Crippen LogP contribution in [-0.2, 0) is 13.1 Å². The lowest BCUT2D eigenvalue weighted by Crippen LogP contribution is -2.18. The Morgan fingerprint density at radius 3 is 2.35 bits per heavy atom. The van der Waals surface area contributed by atoms with E-state index in [1.807, 2.05) is 45.2 Å². The number of aromatic nitrogens is 3. The minimum Gasteiger partial charge on any atom is -0.508 e. The van der Waals surface area contributed by atoms with Gasteiger partial charge in [0.25, 0.3) is 0 Å². The van der Waals surface area contributed by atoms with Gasteiger partial charge >= 0.3 is 6.01 Å². The number of nitrogens with zero attached hydrogens (tertiary/aromatic N) is 5. The van der Waals surface area contributed by atoms with Gasteiger partial charge < -0.3 is 20.2 Å². The molecule has 0 fully saturated rings. The number of benzene rings is 2. The molecule has 0 aliphatic heterocycles. The highest BCUT2D eigenvalue weighted by molar-refractivity contribution is 5.68. The minimum atomic E-state index is -0.256. The molecule has 0 amide bonds. The molecule has 0 bridgehead atoms. The van der Waals surface area contributed by atoms with E-state index in [2.05, 4.69) is 21.2 Å². The number of phenolic OH excluding ortho intramolecular Hbond substituents is 2. The van der Waals surface area contributed by atoms with Gasteiger partial charge in [0, 0.05) is 25.6 Å². The summed E-state index contributed by atoms with van der Waals surface area (Å²) < 4.78 is 1.52. The van der Waals surface area contributed by atoms with Crippen LogP contribution in [0.25, 0.3) is 11.4 Å². The van der Waals surface area contributed by atoms with Gasteiger partial charge in [-0.15, -0.1) is 5.10 Å². The molecule has 0 spiro atoms. The van der Waals surface area contributed by atoms with Gasteiger partial charge in [-0.2, -0.15) is 5.26 Å². The van der Waals surface area contributed by atoms with Crippen LogP contribution in [0.3, 0.4) is 0 Å². The van der Waals surface area contributed by atoms with E-state index in [4.69, 9.17) is 5.26 Å². The zero-order chi connectivity index (χ0) is 22.5. The quantitative estimate of drug-likeness (QED) is 0.509. The molecule has 3 aromatic rings. The second-order valence-electron chi connectivity index (χ2n) is 7.96. The Bertz CT molecular complexity index is 1080. The van der Waals surface area contributed by atoms with Gasteiger partial charge in [-0.3, -0.25) is 4.57 Å². The maximum atomic E-state index is 10.4. The SMILES string of the molecule is CC(C)c1cc(-c2nnc(O)n2Cc2ccc(CN(C)CCC#N)cc2)c(O)cc1O. The largest absolute Gasteiger partial charge is 0.508 e. The summed E-state index contributed by atoms with van der Waals surface area (Å²) >= 11 is 0. The molecule has 3 N–H and O–H groups in total. The van der Waals surface area contributed by atoms with E-state index >= 15 is 0 Å². The standard InChI is InChI=1S/C23H27N5O3/c1-15(2)18-11-19(21(30)12-20(18)29)22-25-26-23(31)28(22)14-17-7-5-16(6-8-17)13-27(3)10-4-9-24/h5-8,11-12,15,29-30H,4,10,13-14H2,1-3H3,(H,26,31). The van der Waals surface area contributed by atoms with Crippen LogP contribution in [0, 0.1) is 11.3 Å². The van der Waals surface area contributed by atoms with E-state index in [-0.39, 0.29) is 23.4 Å². The van der Waals surface area contributed by atoms with E-state index in [1.165, 1.54) is 10.6 Å². The molecule has 0 unspecified atom stereocenters. The smallest absolute Gasteiger partial charge is 0.315 e. The van der Waals surface area contributed by atoms with Gasteiger partial charge in [0.1, 0.15) is 11.5 Å². The molecule has 8 heteroatoms. The van der Waals surface area contributed by atoms with Crippen molar-refractivity contribution in [2.24, 2.45) is 0 Å². The Hall–Kier alpha value is -3.57. The first-order valence-electron chi connectivity index (χ1n) is 10.1. The molecular formula is C23H27N5O3. The predicted molar refractivity (Wildman–Crippen MR) is 117 cm³/mol. The fourth-order valence-corrected chi connectivity index (χ4v) is 3.44. The van der Waals surface area contributed by atoms with Crippen molar-refractivity contribution in [3.8, 4) is 35.0 Å². The van der Waals surface area contributed by atoms with E-state index in [9.17, 15) is 15.3 Å². The van der Waals surface area contributed by atoms with E-state index in [1.54, 1.807) is 6.07 Å². The Kier molecular flexibility index (Phi) is 6.78. The number of aromatic hydroxyl groups is 3. The first kappa shape index (κ1) is 22.1. The fourth-order valence-electron chi connectivity index (χ4n) is 3.44. The Labute approximate surface area is 181 Å². The summed E-state index contributed by atoms with van der Waals surface area (Å²) in [5, 5.41) is 47.3. The van der Waals surface area contributed by atoms with Crippen LogP contribution in [0.1, 0.15) is 42.9 Å². The molecule has 8 nitrogen and oxygen atoms in total. The highest BCUT2D eigenvalue weighted by Gasteiger charge is 2.20. The van der Waals surface area contributed by atoms with Crippen molar-refractivity contribution >= 4 is 0 Å². The molecule has 1 aromatic heterocycles. The lowest BCUT2D eigenvalue weighted by molar-refractivity contribution is 0.335. The Balaban J connectivity index is 1.84. The average molecular weight is 422 g/mol. The van der Waals surface area contributed by atoms with E-state index in [0.29, 0.717) is 36.5 Å². The highest BCUT2D eigenvalue weighted by atomic mass is 16.3. The normalized spacial score (nSPS) is 11.2. The molecule has 31 heavy (non-hydrogen) atoms. The third kappa shape index (κ3) is 5.13. The van der Waals surface area contributed by atoms with Crippen molar-refractivity contribution in [3.63, 3.8) is 0 Å². The highest BCUT2D eigenvalue weighted by Crippen LogP contribution is 2.38. The number of hydrogen-bond acceptors (Lipinski definition) is 7. The second-order valence-corrected chi connectivity index (χ2v) is 7.96. The maximum Gasteiger partial charge on any atom is 0.315 e. The molecule has 0 radical (unpaired) electrons. The van der Waals surface area contributed by atoms with Crippen molar-refractivity contribution in [1.82, 2.24) is 19.7 Å². The molecule has 162 valence electrons. The monoisotopic (exact) mass is 421 g/mol. The summed E-state index contributed by atoms with van der Waals surface area (Å²) in [7, 11) is 1.97. The number of nitriles is 1. The first-order valence-corrected chi connectivity index (χ1v) is 10.1. The maximum absolute atomic E-state index is 10.4. The van der Waals surface area contributed by atoms with Crippen LogP contribution in [0.5, 0.6) is 17.5 Å². The van der Waals surface area contributed by atoms with E-state index < -0.39 is 0 Å². The lowest BCUT2D eigenvalue weighted by Gasteiger charge is -2.15. The fraction of sp³-hybridized carbons (Fsp3) is 0.348. The van der Waals surface area contributed by atoms with Crippen LogP contribution >= 0.6 is 0 Å². The van der Waals surface area contributed by atoms with Crippen LogP contribution < -0.4 is 0 Å². The topological polar surface area (TPSA) is 118 Å². The minimum absolute atomic E-state index is 0.0156. The third-order valence-corrected chi connectivity index (χ3v) is 5.16. The van der Waals surface area contributed by atoms with Gasteiger partial charge in [-0.1, -0.05) is 43.2 Å². The molecule has 0 saturated carbocycles. The summed E-state index contributed by atoms with van der Waals surface area (Å²) in [4.78, 5) is 2.09. The number of hydrogen-bond donors (Lipinski definition) is 3. The van der Waals surface area contributed by atoms with Gasteiger partial charge in [0.05, 0.1) is 18.2 Å². The summed E-state index contributed by atoms with van der Waals surface area (Å²) in [6.45, 7) is 5.65. The van der Waals surface area contributed by atoms with Crippen molar-refractivity contribution in [2.75, 3.05) is 13.6 Å². The van der Waals surface area contributed by atoms with Crippen molar-refractivity contribution in [2.45, 2.75) is 39.3 Å². The molecule has 0 aliphatic rings. The zero-order valence-electron chi connectivity index (χ0n) is 17.9. The summed E-state index contributed by atoms with van der Waals surface area (Å²) in [5.41, 5.74) is 3.12. The van der Waals surface area contributed by atoms with E-state index in [0.717, 1.165) is 17.7 Å². The van der Waals surface area contributed by atoms with Gasteiger partial charge in [-0.25, -0.2) is 0 Å². The van der Waals surface area contributed by atoms with Gasteiger partial charge in [-0.05, 0) is 35.7 Å². The molecule has 0 atom stereocenters. The molecule has 0 aliphatic carbocycles. The third-order valence-electron chi connectivity index (χ3n) is 5.16. The summed E-state index contributed by atoms with van der Waals surface area (Å²) in [6.07, 6.45) is 0.493. The Morgan fingerprint density at radius 1 is 1.03 bits per heavy atom. The predicted octanol–water partition coefficient (Wildman–Crippen LogP) is 3.58. The number of rotatable bonds is 8.